The molecule has 0 saturated carbocycles. The molecule has 18 heavy (non-hydrogen) atoms. The highest BCUT2D eigenvalue weighted by Gasteiger charge is 2.11. The minimum absolute atomic E-state index is 0.0953. The number of carbonyl (C=O) groups is 1. The highest BCUT2D eigenvalue weighted by molar-refractivity contribution is 9.09. The molecule has 0 aliphatic rings. The molecule has 0 aromatic heterocycles. The summed E-state index contributed by atoms with van der Waals surface area (Å²) >= 11 is 3.30. The molecule has 100 valence electrons. The Bertz CT molecular complexity index is 383. The molecular formula is C13H19BrN2O2. The van der Waals surface area contributed by atoms with E-state index in [4.69, 9.17) is 4.74 Å². The van der Waals surface area contributed by atoms with Crippen LogP contribution in [0.2, 0.25) is 0 Å². The maximum Gasteiger partial charge on any atom is 0.255 e. The molecule has 0 aliphatic carbocycles. The largest absolute Gasteiger partial charge is 0.492 e. The minimum atomic E-state index is -0.0953. The first-order valence-corrected chi connectivity index (χ1v) is 6.98. The van der Waals surface area contributed by atoms with Gasteiger partial charge in [0, 0.05) is 18.4 Å². The molecule has 0 aliphatic heterocycles. The second-order valence-corrected chi connectivity index (χ2v) is 4.89. The zero-order valence-corrected chi connectivity index (χ0v) is 12.4. The van der Waals surface area contributed by atoms with Crippen LogP contribution in [-0.4, -0.2) is 49.9 Å². The van der Waals surface area contributed by atoms with E-state index in [9.17, 15) is 4.79 Å². The third-order valence-corrected chi connectivity index (χ3v) is 2.63. The molecule has 0 fully saturated rings. The number of carbonyl (C=O) groups excluding carboxylic acids is 1. The van der Waals surface area contributed by atoms with Gasteiger partial charge in [-0.1, -0.05) is 28.1 Å². The lowest BCUT2D eigenvalue weighted by atomic mass is 10.2. The van der Waals surface area contributed by atoms with Gasteiger partial charge in [0.1, 0.15) is 5.75 Å². The standard InChI is InChI=1S/C13H19BrN2O2/c1-16(2)9-8-15-13(17)11-5-3-4-6-12(11)18-10-7-14/h3-6H,7-10H2,1-2H3,(H,15,17). The third-order valence-electron chi connectivity index (χ3n) is 2.31. The summed E-state index contributed by atoms with van der Waals surface area (Å²) < 4.78 is 5.52. The van der Waals surface area contributed by atoms with Crippen molar-refractivity contribution >= 4 is 21.8 Å². The number of alkyl halides is 1. The fourth-order valence-electron chi connectivity index (χ4n) is 1.42. The Morgan fingerprint density at radius 3 is 2.78 bits per heavy atom. The lowest BCUT2D eigenvalue weighted by molar-refractivity contribution is 0.0947. The van der Waals surface area contributed by atoms with Crippen molar-refractivity contribution in [3.63, 3.8) is 0 Å². The van der Waals surface area contributed by atoms with Crippen LogP contribution in [0.1, 0.15) is 10.4 Å². The van der Waals surface area contributed by atoms with Crippen LogP contribution in [0, 0.1) is 0 Å². The second kappa shape index (κ2) is 8.11. The van der Waals surface area contributed by atoms with Gasteiger partial charge < -0.3 is 15.0 Å². The number of para-hydroxylation sites is 1. The predicted octanol–water partition coefficient (Wildman–Crippen LogP) is 1.75. The number of hydrogen-bond acceptors (Lipinski definition) is 3. The molecule has 1 amide bonds. The van der Waals surface area contributed by atoms with E-state index in [0.29, 0.717) is 24.5 Å². The van der Waals surface area contributed by atoms with E-state index in [1.54, 1.807) is 6.07 Å². The molecule has 0 saturated heterocycles. The van der Waals surface area contributed by atoms with Gasteiger partial charge in [-0.2, -0.15) is 0 Å². The first-order valence-electron chi connectivity index (χ1n) is 5.86. The number of rotatable bonds is 7. The van der Waals surface area contributed by atoms with Crippen molar-refractivity contribution in [3.05, 3.63) is 29.8 Å². The smallest absolute Gasteiger partial charge is 0.255 e. The molecule has 1 N–H and O–H groups in total. The average Bonchev–Trinajstić information content (AvgIpc) is 2.36. The fourth-order valence-corrected chi connectivity index (χ4v) is 1.58. The number of amides is 1. The number of nitrogens with zero attached hydrogens (tertiary/aromatic N) is 1. The maximum atomic E-state index is 12.0. The summed E-state index contributed by atoms with van der Waals surface area (Å²) in [7, 11) is 3.94. The zero-order chi connectivity index (χ0) is 13.4. The Morgan fingerprint density at radius 2 is 2.11 bits per heavy atom. The van der Waals surface area contributed by atoms with Crippen molar-refractivity contribution in [2.24, 2.45) is 0 Å². The molecule has 4 nitrogen and oxygen atoms in total. The molecule has 1 rings (SSSR count). The van der Waals surface area contributed by atoms with Crippen molar-refractivity contribution < 1.29 is 9.53 Å². The van der Waals surface area contributed by atoms with Crippen LogP contribution in [0.4, 0.5) is 0 Å². The number of likely N-dealkylation sites (N-methyl/N-ethyl adjacent to an activating group) is 1. The highest BCUT2D eigenvalue weighted by atomic mass is 79.9. The third kappa shape index (κ3) is 5.06. The monoisotopic (exact) mass is 314 g/mol. The van der Waals surface area contributed by atoms with Crippen molar-refractivity contribution in [1.29, 1.82) is 0 Å². The van der Waals surface area contributed by atoms with Gasteiger partial charge in [0.25, 0.3) is 5.91 Å². The van der Waals surface area contributed by atoms with E-state index in [2.05, 4.69) is 21.2 Å². The van der Waals surface area contributed by atoms with Gasteiger partial charge >= 0.3 is 0 Å². The van der Waals surface area contributed by atoms with Gasteiger partial charge in [-0.15, -0.1) is 0 Å². The van der Waals surface area contributed by atoms with E-state index >= 15 is 0 Å². The highest BCUT2D eigenvalue weighted by Crippen LogP contribution is 2.17. The van der Waals surface area contributed by atoms with E-state index in [0.717, 1.165) is 11.9 Å². The molecule has 5 heteroatoms. The van der Waals surface area contributed by atoms with Crippen molar-refractivity contribution in [2.75, 3.05) is 39.1 Å². The Kier molecular flexibility index (Phi) is 6.75. The van der Waals surface area contributed by atoms with Gasteiger partial charge in [-0.05, 0) is 26.2 Å². The van der Waals surface area contributed by atoms with Crippen LogP contribution in [0.5, 0.6) is 5.75 Å². The molecule has 0 heterocycles. The summed E-state index contributed by atoms with van der Waals surface area (Å²) in [5.74, 6) is 0.529. The second-order valence-electron chi connectivity index (χ2n) is 4.09. The molecular weight excluding hydrogens is 296 g/mol. The van der Waals surface area contributed by atoms with Crippen LogP contribution in [-0.2, 0) is 0 Å². The number of nitrogens with one attached hydrogen (secondary N) is 1. The first kappa shape index (κ1) is 15.0. The maximum absolute atomic E-state index is 12.0. The molecule has 1 aromatic rings. The summed E-state index contributed by atoms with van der Waals surface area (Å²) in [4.78, 5) is 14.0. The summed E-state index contributed by atoms with van der Waals surface area (Å²) in [6.07, 6.45) is 0. The first-order chi connectivity index (χ1) is 8.65. The van der Waals surface area contributed by atoms with Crippen LogP contribution in [0.3, 0.4) is 0 Å². The fraction of sp³-hybridized carbons (Fsp3) is 0.462. The van der Waals surface area contributed by atoms with Crippen LogP contribution in [0.25, 0.3) is 0 Å². The van der Waals surface area contributed by atoms with Gasteiger partial charge in [0.15, 0.2) is 0 Å². The topological polar surface area (TPSA) is 41.6 Å². The zero-order valence-electron chi connectivity index (χ0n) is 10.8. The van der Waals surface area contributed by atoms with E-state index in [-0.39, 0.29) is 5.91 Å². The van der Waals surface area contributed by atoms with Gasteiger partial charge in [-0.25, -0.2) is 0 Å². The summed E-state index contributed by atoms with van der Waals surface area (Å²) in [5, 5.41) is 3.61. The van der Waals surface area contributed by atoms with E-state index < -0.39 is 0 Å². The number of ether oxygens (including phenoxy) is 1. The molecule has 1 aromatic carbocycles. The summed E-state index contributed by atoms with van der Waals surface area (Å²) in [5.41, 5.74) is 0.581. The molecule has 0 unspecified atom stereocenters. The van der Waals surface area contributed by atoms with Gasteiger partial charge in [-0.3, -0.25) is 4.79 Å². The van der Waals surface area contributed by atoms with Gasteiger partial charge in [0.2, 0.25) is 0 Å². The molecule has 0 bridgehead atoms. The lowest BCUT2D eigenvalue weighted by Crippen LogP contribution is -2.31. The van der Waals surface area contributed by atoms with Gasteiger partial charge in [0.05, 0.1) is 12.2 Å². The van der Waals surface area contributed by atoms with Crippen molar-refractivity contribution in [3.8, 4) is 5.75 Å². The number of halogens is 1. The predicted molar refractivity (Wildman–Crippen MR) is 76.6 cm³/mol. The SMILES string of the molecule is CN(C)CCNC(=O)c1ccccc1OCCBr. The molecule has 0 atom stereocenters. The Balaban J connectivity index is 2.60. The minimum Gasteiger partial charge on any atom is -0.492 e. The Morgan fingerprint density at radius 1 is 1.39 bits per heavy atom. The lowest BCUT2D eigenvalue weighted by Gasteiger charge is -2.12. The molecule has 0 spiro atoms. The Labute approximate surface area is 116 Å². The summed E-state index contributed by atoms with van der Waals surface area (Å²) in [6.45, 7) is 1.98. The number of hydrogen-bond donors (Lipinski definition) is 1. The van der Waals surface area contributed by atoms with E-state index in [1.807, 2.05) is 37.2 Å². The molecule has 0 radical (unpaired) electrons. The van der Waals surface area contributed by atoms with Crippen LogP contribution >= 0.6 is 15.9 Å². The normalized spacial score (nSPS) is 10.4. The summed E-state index contributed by atoms with van der Waals surface area (Å²) in [6, 6.07) is 7.28. The quantitative estimate of drug-likeness (QED) is 0.780. The van der Waals surface area contributed by atoms with Crippen molar-refractivity contribution in [1.82, 2.24) is 10.2 Å². The van der Waals surface area contributed by atoms with Crippen molar-refractivity contribution in [2.45, 2.75) is 0 Å². The van der Waals surface area contributed by atoms with Crippen LogP contribution < -0.4 is 10.1 Å². The number of benzene rings is 1. The average molecular weight is 315 g/mol. The van der Waals surface area contributed by atoms with Crippen LogP contribution in [0.15, 0.2) is 24.3 Å². The van der Waals surface area contributed by atoms with E-state index in [1.165, 1.54) is 0 Å². The Hall–Kier alpha value is -1.07.